The van der Waals surface area contributed by atoms with Gasteiger partial charge in [-0.05, 0) is 25.0 Å². The first-order valence-electron chi connectivity index (χ1n) is 5.30. The van der Waals surface area contributed by atoms with Crippen LogP contribution in [0.2, 0.25) is 0 Å². The molecule has 2 nitrogen and oxygen atoms in total. The highest BCUT2D eigenvalue weighted by Crippen LogP contribution is 2.29. The molecule has 0 unspecified atom stereocenters. The zero-order valence-corrected chi connectivity index (χ0v) is 9.38. The minimum atomic E-state index is -0.491. The van der Waals surface area contributed by atoms with Crippen molar-refractivity contribution in [2.75, 3.05) is 0 Å². The van der Waals surface area contributed by atoms with Crippen LogP contribution >= 0.6 is 0 Å². The molecule has 2 rings (SSSR count). The van der Waals surface area contributed by atoms with Gasteiger partial charge >= 0.3 is 0 Å². The SMILES string of the molecule is CC(C)(C)c1ccc(OC2CC2)c(F)n1. The molecule has 15 heavy (non-hydrogen) atoms. The monoisotopic (exact) mass is 209 g/mol. The van der Waals surface area contributed by atoms with Gasteiger partial charge in [0.05, 0.1) is 6.10 Å². The topological polar surface area (TPSA) is 22.1 Å². The largest absolute Gasteiger partial charge is 0.486 e. The van der Waals surface area contributed by atoms with Gasteiger partial charge in [-0.1, -0.05) is 20.8 Å². The Morgan fingerprint density at radius 2 is 2.00 bits per heavy atom. The number of hydrogen-bond donors (Lipinski definition) is 0. The predicted octanol–water partition coefficient (Wildman–Crippen LogP) is 3.06. The summed E-state index contributed by atoms with van der Waals surface area (Å²) in [6.07, 6.45) is 2.27. The average Bonchev–Trinajstić information content (AvgIpc) is 2.90. The molecule has 0 spiro atoms. The van der Waals surface area contributed by atoms with E-state index in [2.05, 4.69) is 4.98 Å². The van der Waals surface area contributed by atoms with Gasteiger partial charge in [0.1, 0.15) is 0 Å². The van der Waals surface area contributed by atoms with Crippen LogP contribution in [0.4, 0.5) is 4.39 Å². The van der Waals surface area contributed by atoms with Crippen molar-refractivity contribution in [2.45, 2.75) is 45.1 Å². The lowest BCUT2D eigenvalue weighted by Crippen LogP contribution is -2.14. The van der Waals surface area contributed by atoms with Crippen LogP contribution < -0.4 is 4.74 Å². The lowest BCUT2D eigenvalue weighted by atomic mass is 9.92. The number of halogens is 1. The fraction of sp³-hybridized carbons (Fsp3) is 0.583. The molecular weight excluding hydrogens is 193 g/mol. The molecule has 0 atom stereocenters. The molecular formula is C12H16FNO. The number of rotatable bonds is 2. The number of ether oxygens (including phenoxy) is 1. The summed E-state index contributed by atoms with van der Waals surface area (Å²) < 4.78 is 18.9. The van der Waals surface area contributed by atoms with Crippen molar-refractivity contribution in [2.24, 2.45) is 0 Å². The molecule has 1 heterocycles. The zero-order chi connectivity index (χ0) is 11.1. The van der Waals surface area contributed by atoms with Gasteiger partial charge in [-0.25, -0.2) is 4.98 Å². The van der Waals surface area contributed by atoms with Gasteiger partial charge in [0.25, 0.3) is 5.95 Å². The summed E-state index contributed by atoms with van der Waals surface area (Å²) >= 11 is 0. The number of hydrogen-bond acceptors (Lipinski definition) is 2. The van der Waals surface area contributed by atoms with Crippen molar-refractivity contribution in [3.8, 4) is 5.75 Å². The second kappa shape index (κ2) is 3.47. The first kappa shape index (κ1) is 10.4. The standard InChI is InChI=1S/C12H16FNO/c1-12(2,3)10-7-6-9(11(13)14-10)15-8-4-5-8/h6-8H,4-5H2,1-3H3. The maximum atomic E-state index is 13.5. The smallest absolute Gasteiger partial charge is 0.255 e. The Labute approximate surface area is 89.5 Å². The van der Waals surface area contributed by atoms with E-state index in [0.717, 1.165) is 18.5 Å². The van der Waals surface area contributed by atoms with E-state index in [1.807, 2.05) is 26.8 Å². The van der Waals surface area contributed by atoms with Crippen LogP contribution in [0.5, 0.6) is 5.75 Å². The van der Waals surface area contributed by atoms with Crippen molar-refractivity contribution in [3.63, 3.8) is 0 Å². The molecule has 1 aliphatic carbocycles. The summed E-state index contributed by atoms with van der Waals surface area (Å²) in [7, 11) is 0. The molecule has 1 aromatic rings. The molecule has 0 N–H and O–H groups in total. The lowest BCUT2D eigenvalue weighted by Gasteiger charge is -2.18. The van der Waals surface area contributed by atoms with E-state index in [-0.39, 0.29) is 17.3 Å². The molecule has 0 aromatic carbocycles. The van der Waals surface area contributed by atoms with Crippen LogP contribution in [0.25, 0.3) is 0 Å². The van der Waals surface area contributed by atoms with Crippen molar-refractivity contribution >= 4 is 0 Å². The summed E-state index contributed by atoms with van der Waals surface area (Å²) in [5, 5.41) is 0. The minimum absolute atomic E-state index is 0.126. The second-order valence-electron chi connectivity index (χ2n) is 5.05. The van der Waals surface area contributed by atoms with Gasteiger partial charge in [-0.2, -0.15) is 4.39 Å². The highest BCUT2D eigenvalue weighted by Gasteiger charge is 2.26. The summed E-state index contributed by atoms with van der Waals surface area (Å²) in [6.45, 7) is 6.03. The van der Waals surface area contributed by atoms with Crippen LogP contribution in [0.15, 0.2) is 12.1 Å². The molecule has 0 radical (unpaired) electrons. The maximum absolute atomic E-state index is 13.5. The Balaban J connectivity index is 2.21. The number of nitrogens with zero attached hydrogens (tertiary/aromatic N) is 1. The molecule has 1 fully saturated rings. The van der Waals surface area contributed by atoms with Crippen molar-refractivity contribution in [3.05, 3.63) is 23.8 Å². The molecule has 0 aliphatic heterocycles. The van der Waals surface area contributed by atoms with Crippen LogP contribution in [-0.2, 0) is 5.41 Å². The van der Waals surface area contributed by atoms with Gasteiger partial charge < -0.3 is 4.74 Å². The van der Waals surface area contributed by atoms with Crippen LogP contribution in [0, 0.1) is 5.95 Å². The van der Waals surface area contributed by atoms with Crippen molar-refractivity contribution < 1.29 is 9.13 Å². The normalized spacial score (nSPS) is 16.5. The molecule has 82 valence electrons. The second-order valence-corrected chi connectivity index (χ2v) is 5.05. The maximum Gasteiger partial charge on any atom is 0.255 e. The third-order valence-corrected chi connectivity index (χ3v) is 2.40. The van der Waals surface area contributed by atoms with E-state index in [4.69, 9.17) is 4.74 Å². The highest BCUT2D eigenvalue weighted by molar-refractivity contribution is 5.25. The molecule has 1 aromatic heterocycles. The third-order valence-electron chi connectivity index (χ3n) is 2.40. The Kier molecular flexibility index (Phi) is 2.41. The fourth-order valence-electron chi connectivity index (χ4n) is 1.29. The van der Waals surface area contributed by atoms with Gasteiger partial charge in [0.2, 0.25) is 0 Å². The molecule has 0 amide bonds. The highest BCUT2D eigenvalue weighted by atomic mass is 19.1. The first-order valence-corrected chi connectivity index (χ1v) is 5.30. The molecule has 1 aliphatic rings. The quantitative estimate of drug-likeness (QED) is 0.698. The average molecular weight is 209 g/mol. The molecule has 1 saturated carbocycles. The van der Waals surface area contributed by atoms with Gasteiger partial charge in [-0.3, -0.25) is 0 Å². The predicted molar refractivity (Wildman–Crippen MR) is 56.5 cm³/mol. The van der Waals surface area contributed by atoms with Crippen LogP contribution in [0.1, 0.15) is 39.3 Å². The summed E-state index contributed by atoms with van der Waals surface area (Å²) in [5.41, 5.74) is 0.627. The van der Waals surface area contributed by atoms with Crippen molar-refractivity contribution in [1.29, 1.82) is 0 Å². The van der Waals surface area contributed by atoms with Gasteiger partial charge in [0.15, 0.2) is 5.75 Å². The van der Waals surface area contributed by atoms with E-state index in [0.29, 0.717) is 0 Å². The zero-order valence-electron chi connectivity index (χ0n) is 9.38. The number of aromatic nitrogens is 1. The molecule has 3 heteroatoms. The Morgan fingerprint density at radius 1 is 1.33 bits per heavy atom. The Morgan fingerprint density at radius 3 is 2.47 bits per heavy atom. The molecule has 0 bridgehead atoms. The van der Waals surface area contributed by atoms with Crippen molar-refractivity contribution in [1.82, 2.24) is 4.98 Å². The fourth-order valence-corrected chi connectivity index (χ4v) is 1.29. The summed E-state index contributed by atoms with van der Waals surface area (Å²) in [6, 6.07) is 3.52. The lowest BCUT2D eigenvalue weighted by molar-refractivity contribution is 0.282. The molecule has 0 saturated heterocycles. The van der Waals surface area contributed by atoms with Gasteiger partial charge in [0, 0.05) is 11.1 Å². The van der Waals surface area contributed by atoms with Crippen LogP contribution in [0.3, 0.4) is 0 Å². The van der Waals surface area contributed by atoms with E-state index < -0.39 is 5.95 Å². The van der Waals surface area contributed by atoms with E-state index in [1.165, 1.54) is 0 Å². The van der Waals surface area contributed by atoms with E-state index in [9.17, 15) is 4.39 Å². The number of pyridine rings is 1. The minimum Gasteiger partial charge on any atom is -0.486 e. The van der Waals surface area contributed by atoms with E-state index >= 15 is 0 Å². The van der Waals surface area contributed by atoms with Crippen LogP contribution in [-0.4, -0.2) is 11.1 Å². The van der Waals surface area contributed by atoms with E-state index in [1.54, 1.807) is 6.07 Å². The third kappa shape index (κ3) is 2.46. The van der Waals surface area contributed by atoms with Gasteiger partial charge in [-0.15, -0.1) is 0 Å². The summed E-state index contributed by atoms with van der Waals surface area (Å²) in [4.78, 5) is 3.93. The Hall–Kier alpha value is -1.12. The first-order chi connectivity index (χ1) is 6.97. The summed E-state index contributed by atoms with van der Waals surface area (Å²) in [5.74, 6) is -0.208. The Bertz CT molecular complexity index is 366.